The zero-order chi connectivity index (χ0) is 13.3. The summed E-state index contributed by atoms with van der Waals surface area (Å²) < 4.78 is 64.5. The Balaban J connectivity index is 2.44. The number of halogens is 3. The maximum atomic E-state index is 13.5. The first-order chi connectivity index (χ1) is 8.44. The van der Waals surface area contributed by atoms with Crippen LogP contribution in [0.15, 0.2) is 17.0 Å². The second kappa shape index (κ2) is 4.87. The number of rotatable bonds is 2. The highest BCUT2D eigenvalue weighted by Crippen LogP contribution is 2.22. The van der Waals surface area contributed by atoms with Gasteiger partial charge >= 0.3 is 0 Å². The van der Waals surface area contributed by atoms with Crippen LogP contribution in [-0.2, 0) is 10.0 Å². The molecule has 1 aliphatic heterocycles. The summed E-state index contributed by atoms with van der Waals surface area (Å²) in [6.07, 6.45) is 0. The van der Waals surface area contributed by atoms with E-state index >= 15 is 0 Å². The fraction of sp³-hybridized carbons (Fsp3) is 0.400. The predicted octanol–water partition coefficient (Wildman–Crippen LogP) is -0.328. The Morgan fingerprint density at radius 2 is 1.67 bits per heavy atom. The van der Waals surface area contributed by atoms with Gasteiger partial charge in [0.1, 0.15) is 4.90 Å². The lowest BCUT2D eigenvalue weighted by Gasteiger charge is -2.24. The first kappa shape index (κ1) is 13.3. The lowest BCUT2D eigenvalue weighted by molar-refractivity contribution is -0.661. The van der Waals surface area contributed by atoms with Crippen molar-refractivity contribution in [2.45, 2.75) is 4.90 Å². The third-order valence-corrected chi connectivity index (χ3v) is 4.70. The average molecular weight is 281 g/mol. The molecule has 0 aromatic heterocycles. The summed E-state index contributed by atoms with van der Waals surface area (Å²) in [5.74, 6) is -4.83. The maximum Gasteiger partial charge on any atom is 0.246 e. The largest absolute Gasteiger partial charge is 0.344 e. The van der Waals surface area contributed by atoms with Crippen LogP contribution >= 0.6 is 0 Å². The lowest BCUT2D eigenvalue weighted by atomic mass is 10.3. The quantitative estimate of drug-likeness (QED) is 0.755. The highest BCUT2D eigenvalue weighted by molar-refractivity contribution is 7.89. The number of piperazine rings is 1. The van der Waals surface area contributed by atoms with Gasteiger partial charge in [0.05, 0.1) is 26.2 Å². The number of benzene rings is 1. The Morgan fingerprint density at radius 1 is 1.06 bits per heavy atom. The normalized spacial score (nSPS) is 17.9. The van der Waals surface area contributed by atoms with Crippen molar-refractivity contribution in [3.8, 4) is 0 Å². The van der Waals surface area contributed by atoms with E-state index in [1.165, 1.54) is 0 Å². The number of sulfonamides is 1. The van der Waals surface area contributed by atoms with Gasteiger partial charge in [-0.05, 0) is 12.1 Å². The lowest BCUT2D eigenvalue weighted by Crippen LogP contribution is -2.89. The highest BCUT2D eigenvalue weighted by atomic mass is 32.2. The second-order valence-electron chi connectivity index (χ2n) is 3.94. The smallest absolute Gasteiger partial charge is 0.246 e. The van der Waals surface area contributed by atoms with Gasteiger partial charge in [-0.2, -0.15) is 4.31 Å². The molecule has 1 saturated heterocycles. The van der Waals surface area contributed by atoms with Gasteiger partial charge in [-0.25, -0.2) is 21.6 Å². The molecule has 8 heteroatoms. The molecule has 1 fully saturated rings. The van der Waals surface area contributed by atoms with Gasteiger partial charge in [-0.15, -0.1) is 0 Å². The molecule has 4 nitrogen and oxygen atoms in total. The van der Waals surface area contributed by atoms with E-state index in [4.69, 9.17) is 0 Å². The Hall–Kier alpha value is -1.12. The van der Waals surface area contributed by atoms with Gasteiger partial charge in [0.25, 0.3) is 0 Å². The van der Waals surface area contributed by atoms with E-state index in [1.54, 1.807) is 0 Å². The van der Waals surface area contributed by atoms with Crippen molar-refractivity contribution < 1.29 is 26.9 Å². The van der Waals surface area contributed by atoms with Crippen LogP contribution in [0.4, 0.5) is 13.2 Å². The van der Waals surface area contributed by atoms with E-state index < -0.39 is 32.4 Å². The molecule has 2 rings (SSSR count). The van der Waals surface area contributed by atoms with Crippen LogP contribution in [0.5, 0.6) is 0 Å². The van der Waals surface area contributed by atoms with Crippen LogP contribution in [0, 0.1) is 17.5 Å². The minimum Gasteiger partial charge on any atom is -0.344 e. The first-order valence-corrected chi connectivity index (χ1v) is 6.84. The number of nitrogens with zero attached hydrogens (tertiary/aromatic N) is 1. The Kier molecular flexibility index (Phi) is 3.60. The fourth-order valence-electron chi connectivity index (χ4n) is 1.81. The molecule has 0 spiro atoms. The molecule has 0 saturated carbocycles. The topological polar surface area (TPSA) is 54.0 Å². The molecule has 100 valence electrons. The van der Waals surface area contributed by atoms with Gasteiger partial charge in [0, 0.05) is 0 Å². The molecule has 1 aromatic carbocycles. The third kappa shape index (κ3) is 2.23. The molecule has 1 aliphatic rings. The average Bonchev–Trinajstić information content (AvgIpc) is 2.37. The Morgan fingerprint density at radius 3 is 2.28 bits per heavy atom. The SMILES string of the molecule is O=S(=O)(c1ccc(F)c(F)c1F)N1CC[NH2+]CC1. The minimum absolute atomic E-state index is 0.223. The summed E-state index contributed by atoms with van der Waals surface area (Å²) in [6.45, 7) is 1.57. The highest BCUT2D eigenvalue weighted by Gasteiger charge is 2.31. The van der Waals surface area contributed by atoms with Crippen molar-refractivity contribution in [2.24, 2.45) is 0 Å². The van der Waals surface area contributed by atoms with Crippen molar-refractivity contribution in [1.82, 2.24) is 4.31 Å². The van der Waals surface area contributed by atoms with Crippen LogP contribution < -0.4 is 5.32 Å². The Labute approximate surface area is 102 Å². The van der Waals surface area contributed by atoms with Crippen molar-refractivity contribution in [1.29, 1.82) is 0 Å². The van der Waals surface area contributed by atoms with E-state index in [9.17, 15) is 21.6 Å². The molecular formula is C10H12F3N2O2S+. The fourth-order valence-corrected chi connectivity index (χ4v) is 3.34. The zero-order valence-corrected chi connectivity index (χ0v) is 10.2. The maximum absolute atomic E-state index is 13.5. The zero-order valence-electron chi connectivity index (χ0n) is 9.37. The monoisotopic (exact) mass is 281 g/mol. The summed E-state index contributed by atoms with van der Waals surface area (Å²) >= 11 is 0. The number of hydrogen-bond donors (Lipinski definition) is 1. The van der Waals surface area contributed by atoms with E-state index in [0.717, 1.165) is 10.4 Å². The molecular weight excluding hydrogens is 269 g/mol. The van der Waals surface area contributed by atoms with Crippen molar-refractivity contribution >= 4 is 10.0 Å². The summed E-state index contributed by atoms with van der Waals surface area (Å²) in [5.41, 5.74) is 0. The third-order valence-electron chi connectivity index (χ3n) is 2.78. The molecule has 0 unspecified atom stereocenters. The standard InChI is InChI=1S/C10H11F3N2O2S/c11-7-1-2-8(10(13)9(7)12)18(16,17)15-5-3-14-4-6-15/h1-2,14H,3-6H2/p+1. The predicted molar refractivity (Wildman–Crippen MR) is 56.7 cm³/mol. The van der Waals surface area contributed by atoms with E-state index in [-0.39, 0.29) is 13.1 Å². The van der Waals surface area contributed by atoms with Gasteiger partial charge in [0.2, 0.25) is 10.0 Å². The number of quaternary nitrogens is 1. The van der Waals surface area contributed by atoms with Crippen LogP contribution in [-0.4, -0.2) is 38.9 Å². The molecule has 1 aromatic rings. The summed E-state index contributed by atoms with van der Waals surface area (Å²) in [5, 5.41) is 1.92. The van der Waals surface area contributed by atoms with Crippen LogP contribution in [0.25, 0.3) is 0 Å². The van der Waals surface area contributed by atoms with Gasteiger partial charge in [-0.1, -0.05) is 0 Å². The summed E-state index contributed by atoms with van der Waals surface area (Å²) in [7, 11) is -4.10. The number of nitrogens with two attached hydrogens (primary N) is 1. The summed E-state index contributed by atoms with van der Waals surface area (Å²) in [4.78, 5) is -0.816. The summed E-state index contributed by atoms with van der Waals surface area (Å²) in [6, 6.07) is 1.36. The van der Waals surface area contributed by atoms with E-state index in [2.05, 4.69) is 0 Å². The van der Waals surface area contributed by atoms with Crippen molar-refractivity contribution in [3.05, 3.63) is 29.6 Å². The van der Waals surface area contributed by atoms with Crippen molar-refractivity contribution in [2.75, 3.05) is 26.2 Å². The van der Waals surface area contributed by atoms with Gasteiger partial charge in [0.15, 0.2) is 17.5 Å². The van der Waals surface area contributed by atoms with Crippen LogP contribution in [0.3, 0.4) is 0 Å². The second-order valence-corrected chi connectivity index (χ2v) is 5.85. The molecule has 0 radical (unpaired) electrons. The van der Waals surface area contributed by atoms with Crippen molar-refractivity contribution in [3.63, 3.8) is 0 Å². The molecule has 0 bridgehead atoms. The number of hydrogen-bond acceptors (Lipinski definition) is 2. The van der Waals surface area contributed by atoms with E-state index in [1.807, 2.05) is 5.32 Å². The van der Waals surface area contributed by atoms with E-state index in [0.29, 0.717) is 19.2 Å². The molecule has 0 aliphatic carbocycles. The molecule has 18 heavy (non-hydrogen) atoms. The molecule has 2 N–H and O–H groups in total. The van der Waals surface area contributed by atoms with Gasteiger partial charge < -0.3 is 5.32 Å². The molecule has 0 atom stereocenters. The minimum atomic E-state index is -4.10. The molecule has 1 heterocycles. The van der Waals surface area contributed by atoms with Gasteiger partial charge in [-0.3, -0.25) is 0 Å². The first-order valence-electron chi connectivity index (χ1n) is 5.40. The Bertz CT molecular complexity index is 556. The van der Waals surface area contributed by atoms with Crippen LogP contribution in [0.2, 0.25) is 0 Å². The molecule has 0 amide bonds. The van der Waals surface area contributed by atoms with Crippen LogP contribution in [0.1, 0.15) is 0 Å².